The minimum atomic E-state index is -3.35. The zero-order valence-electron chi connectivity index (χ0n) is 12.8. The summed E-state index contributed by atoms with van der Waals surface area (Å²) in [7, 11) is -3.35. The van der Waals surface area contributed by atoms with E-state index in [9.17, 15) is 8.42 Å². The number of hydrogen-bond acceptors (Lipinski definition) is 5. The fourth-order valence-electron chi connectivity index (χ4n) is 1.82. The number of anilines is 2. The van der Waals surface area contributed by atoms with E-state index in [4.69, 9.17) is 11.6 Å². The monoisotopic (exact) mass is 354 g/mol. The Hall–Kier alpha value is -1.86. The fraction of sp³-hybridized carbons (Fsp3) is 0.333. The van der Waals surface area contributed by atoms with Crippen LogP contribution in [0.2, 0.25) is 5.02 Å². The van der Waals surface area contributed by atoms with Crippen LogP contribution < -0.4 is 10.0 Å². The van der Waals surface area contributed by atoms with Gasteiger partial charge in [0.15, 0.2) is 5.82 Å². The number of halogens is 1. The first-order valence-corrected chi connectivity index (χ1v) is 9.34. The molecule has 2 aromatic rings. The SMILES string of the molecule is CCCCS(=O)(=O)Nc1ccc(NCc2ccc(Cl)cc2)nn1. The van der Waals surface area contributed by atoms with E-state index in [0.717, 1.165) is 12.0 Å². The van der Waals surface area contributed by atoms with Gasteiger partial charge in [0.25, 0.3) is 0 Å². The smallest absolute Gasteiger partial charge is 0.233 e. The molecule has 23 heavy (non-hydrogen) atoms. The topological polar surface area (TPSA) is 84.0 Å². The quantitative estimate of drug-likeness (QED) is 0.760. The van der Waals surface area contributed by atoms with Crippen molar-refractivity contribution in [1.82, 2.24) is 10.2 Å². The van der Waals surface area contributed by atoms with Gasteiger partial charge in [-0.25, -0.2) is 8.42 Å². The molecule has 0 spiro atoms. The zero-order chi connectivity index (χ0) is 16.7. The molecule has 124 valence electrons. The molecule has 1 aromatic carbocycles. The molecule has 0 atom stereocenters. The molecular formula is C15H19ClN4O2S. The molecule has 0 aliphatic rings. The Labute approximate surface area is 141 Å². The molecule has 0 saturated heterocycles. The molecule has 1 aromatic heterocycles. The van der Waals surface area contributed by atoms with Crippen molar-refractivity contribution in [3.63, 3.8) is 0 Å². The number of unbranched alkanes of at least 4 members (excludes halogenated alkanes) is 1. The van der Waals surface area contributed by atoms with Crippen molar-refractivity contribution >= 4 is 33.3 Å². The summed E-state index contributed by atoms with van der Waals surface area (Å²) in [4.78, 5) is 0. The number of rotatable bonds is 8. The maximum Gasteiger partial charge on any atom is 0.233 e. The average Bonchev–Trinajstić information content (AvgIpc) is 2.53. The van der Waals surface area contributed by atoms with E-state index in [0.29, 0.717) is 23.8 Å². The Morgan fingerprint density at radius 3 is 2.30 bits per heavy atom. The summed E-state index contributed by atoms with van der Waals surface area (Å²) in [5, 5.41) is 11.6. The van der Waals surface area contributed by atoms with Gasteiger partial charge in [-0.3, -0.25) is 4.72 Å². The highest BCUT2D eigenvalue weighted by Gasteiger charge is 2.10. The summed E-state index contributed by atoms with van der Waals surface area (Å²) in [6.45, 7) is 2.52. The van der Waals surface area contributed by atoms with Crippen molar-refractivity contribution in [2.45, 2.75) is 26.3 Å². The average molecular weight is 355 g/mol. The summed E-state index contributed by atoms with van der Waals surface area (Å²) in [6, 6.07) is 10.7. The second kappa shape index (κ2) is 8.12. The molecule has 2 N–H and O–H groups in total. The number of benzene rings is 1. The summed E-state index contributed by atoms with van der Waals surface area (Å²) < 4.78 is 26.0. The molecular weight excluding hydrogens is 336 g/mol. The van der Waals surface area contributed by atoms with Crippen LogP contribution >= 0.6 is 11.6 Å². The summed E-state index contributed by atoms with van der Waals surface area (Å²) in [5.41, 5.74) is 1.06. The predicted octanol–water partition coefficient (Wildman–Crippen LogP) is 3.28. The Kier molecular flexibility index (Phi) is 6.18. The van der Waals surface area contributed by atoms with Gasteiger partial charge in [-0.15, -0.1) is 10.2 Å². The largest absolute Gasteiger partial charge is 0.365 e. The van der Waals surface area contributed by atoms with Crippen LogP contribution in [0.25, 0.3) is 0 Å². The number of nitrogens with zero attached hydrogens (tertiary/aromatic N) is 2. The van der Waals surface area contributed by atoms with Crippen molar-refractivity contribution in [2.24, 2.45) is 0 Å². The lowest BCUT2D eigenvalue weighted by Gasteiger charge is -2.08. The Balaban J connectivity index is 1.90. The normalized spacial score (nSPS) is 11.2. The summed E-state index contributed by atoms with van der Waals surface area (Å²) >= 11 is 5.83. The maximum atomic E-state index is 11.8. The lowest BCUT2D eigenvalue weighted by molar-refractivity contribution is 0.597. The van der Waals surface area contributed by atoms with E-state index in [-0.39, 0.29) is 11.6 Å². The van der Waals surface area contributed by atoms with Crippen molar-refractivity contribution in [3.8, 4) is 0 Å². The molecule has 0 bridgehead atoms. The highest BCUT2D eigenvalue weighted by Crippen LogP contribution is 2.12. The molecule has 6 nitrogen and oxygen atoms in total. The van der Waals surface area contributed by atoms with Gasteiger partial charge in [0, 0.05) is 11.6 Å². The minimum absolute atomic E-state index is 0.0851. The number of sulfonamides is 1. The van der Waals surface area contributed by atoms with Gasteiger partial charge < -0.3 is 5.32 Å². The third-order valence-electron chi connectivity index (χ3n) is 3.08. The zero-order valence-corrected chi connectivity index (χ0v) is 14.4. The number of aromatic nitrogens is 2. The molecule has 0 aliphatic heterocycles. The Morgan fingerprint density at radius 1 is 1.04 bits per heavy atom. The van der Waals surface area contributed by atoms with Crippen LogP contribution in [0.4, 0.5) is 11.6 Å². The highest BCUT2D eigenvalue weighted by molar-refractivity contribution is 7.92. The minimum Gasteiger partial charge on any atom is -0.365 e. The Bertz CT molecular complexity index is 718. The van der Waals surface area contributed by atoms with Gasteiger partial charge in [0.1, 0.15) is 5.82 Å². The van der Waals surface area contributed by atoms with E-state index < -0.39 is 10.0 Å². The predicted molar refractivity (Wildman–Crippen MR) is 93.1 cm³/mol. The molecule has 0 unspecified atom stereocenters. The van der Waals surface area contributed by atoms with E-state index >= 15 is 0 Å². The van der Waals surface area contributed by atoms with E-state index in [1.54, 1.807) is 12.1 Å². The number of hydrogen-bond donors (Lipinski definition) is 2. The van der Waals surface area contributed by atoms with E-state index in [1.165, 1.54) is 0 Å². The van der Waals surface area contributed by atoms with Gasteiger partial charge in [-0.05, 0) is 36.2 Å². The standard InChI is InChI=1S/C15H19ClN4O2S/c1-2-3-10-23(21,22)20-15-9-8-14(18-19-15)17-11-12-4-6-13(16)7-5-12/h4-9H,2-3,10-11H2,1H3,(H,17,18)(H,19,20). The first-order valence-electron chi connectivity index (χ1n) is 7.31. The molecule has 2 rings (SSSR count). The molecule has 0 radical (unpaired) electrons. The molecule has 1 heterocycles. The lowest BCUT2D eigenvalue weighted by Crippen LogP contribution is -2.17. The van der Waals surface area contributed by atoms with Gasteiger partial charge >= 0.3 is 0 Å². The fourth-order valence-corrected chi connectivity index (χ4v) is 3.14. The van der Waals surface area contributed by atoms with Crippen LogP contribution in [-0.4, -0.2) is 24.4 Å². The van der Waals surface area contributed by atoms with Crippen LogP contribution in [0.3, 0.4) is 0 Å². The van der Waals surface area contributed by atoms with Gasteiger partial charge in [-0.2, -0.15) is 0 Å². The molecule has 0 saturated carbocycles. The molecule has 0 fully saturated rings. The van der Waals surface area contributed by atoms with Crippen molar-refractivity contribution in [1.29, 1.82) is 0 Å². The maximum absolute atomic E-state index is 11.8. The van der Waals surface area contributed by atoms with Crippen LogP contribution in [0, 0.1) is 0 Å². The summed E-state index contributed by atoms with van der Waals surface area (Å²) in [5.74, 6) is 0.872. The van der Waals surface area contributed by atoms with Crippen LogP contribution in [-0.2, 0) is 16.6 Å². The third-order valence-corrected chi connectivity index (χ3v) is 4.68. The Morgan fingerprint density at radius 2 is 1.70 bits per heavy atom. The number of nitrogens with one attached hydrogen (secondary N) is 2. The molecule has 0 amide bonds. The van der Waals surface area contributed by atoms with Gasteiger partial charge in [-0.1, -0.05) is 37.1 Å². The second-order valence-corrected chi connectivity index (χ2v) is 7.34. The van der Waals surface area contributed by atoms with E-state index in [2.05, 4.69) is 20.2 Å². The van der Waals surface area contributed by atoms with Crippen LogP contribution in [0.1, 0.15) is 25.3 Å². The van der Waals surface area contributed by atoms with Crippen molar-refractivity contribution in [3.05, 3.63) is 47.0 Å². The second-order valence-electron chi connectivity index (χ2n) is 5.06. The van der Waals surface area contributed by atoms with Crippen molar-refractivity contribution in [2.75, 3.05) is 15.8 Å². The van der Waals surface area contributed by atoms with Gasteiger partial charge in [0.2, 0.25) is 10.0 Å². The van der Waals surface area contributed by atoms with E-state index in [1.807, 2.05) is 31.2 Å². The van der Waals surface area contributed by atoms with Crippen molar-refractivity contribution < 1.29 is 8.42 Å². The third kappa shape index (κ3) is 6.03. The lowest BCUT2D eigenvalue weighted by atomic mass is 10.2. The molecule has 8 heteroatoms. The first kappa shape index (κ1) is 17.5. The van der Waals surface area contributed by atoms with Crippen LogP contribution in [0.5, 0.6) is 0 Å². The molecule has 0 aliphatic carbocycles. The highest BCUT2D eigenvalue weighted by atomic mass is 35.5. The van der Waals surface area contributed by atoms with Gasteiger partial charge in [0.05, 0.1) is 5.75 Å². The first-order chi connectivity index (χ1) is 11.0. The van der Waals surface area contributed by atoms with Crippen LogP contribution in [0.15, 0.2) is 36.4 Å². The summed E-state index contributed by atoms with van der Waals surface area (Å²) in [6.07, 6.45) is 1.43.